The number of ether oxygens (including phenoxy) is 1. The van der Waals surface area contributed by atoms with Crippen LogP contribution in [-0.2, 0) is 11.2 Å². The Hall–Kier alpha value is -1.77. The minimum Gasteiger partial charge on any atom is -0.489 e. The van der Waals surface area contributed by atoms with E-state index in [2.05, 4.69) is 26.5 Å². The average molecular weight is 259 g/mol. The molecule has 1 aromatic carbocycles. The van der Waals surface area contributed by atoms with E-state index < -0.39 is 0 Å². The molecule has 1 unspecified atom stereocenters. The third-order valence-corrected chi connectivity index (χ3v) is 3.73. The molecule has 1 atom stereocenters. The SMILES string of the molecule is C=C(C)COc1cc2c(c(C)c1C)N(C=O)C(C)C2. The summed E-state index contributed by atoms with van der Waals surface area (Å²) < 4.78 is 5.80. The number of anilines is 1. The summed E-state index contributed by atoms with van der Waals surface area (Å²) in [6.07, 6.45) is 1.82. The smallest absolute Gasteiger partial charge is 0.214 e. The van der Waals surface area contributed by atoms with Crippen LogP contribution in [0.2, 0.25) is 0 Å². The third-order valence-electron chi connectivity index (χ3n) is 3.73. The van der Waals surface area contributed by atoms with Crippen LogP contribution in [0.5, 0.6) is 5.75 Å². The van der Waals surface area contributed by atoms with E-state index in [0.29, 0.717) is 6.61 Å². The van der Waals surface area contributed by atoms with Gasteiger partial charge in [0.25, 0.3) is 0 Å². The molecule has 1 heterocycles. The number of fused-ring (bicyclic) bond motifs is 1. The Bertz CT molecular complexity index is 534. The fourth-order valence-corrected chi connectivity index (χ4v) is 2.60. The normalized spacial score (nSPS) is 17.3. The van der Waals surface area contributed by atoms with Crippen LogP contribution in [0.1, 0.15) is 30.5 Å². The largest absolute Gasteiger partial charge is 0.489 e. The Morgan fingerprint density at radius 1 is 1.53 bits per heavy atom. The van der Waals surface area contributed by atoms with E-state index in [1.54, 1.807) is 0 Å². The predicted octanol–water partition coefficient (Wildman–Crippen LogP) is 3.17. The molecular formula is C16H21NO2. The lowest BCUT2D eigenvalue weighted by Gasteiger charge is -2.20. The minimum atomic E-state index is 0.224. The van der Waals surface area contributed by atoms with Crippen molar-refractivity contribution in [2.45, 2.75) is 40.2 Å². The maximum absolute atomic E-state index is 11.2. The summed E-state index contributed by atoms with van der Waals surface area (Å²) in [6, 6.07) is 2.29. The van der Waals surface area contributed by atoms with Gasteiger partial charge < -0.3 is 9.64 Å². The van der Waals surface area contributed by atoms with E-state index in [4.69, 9.17) is 4.74 Å². The van der Waals surface area contributed by atoms with E-state index >= 15 is 0 Å². The second-order valence-corrected chi connectivity index (χ2v) is 5.44. The van der Waals surface area contributed by atoms with Gasteiger partial charge in [0.2, 0.25) is 6.41 Å². The lowest BCUT2D eigenvalue weighted by Crippen LogP contribution is -2.27. The van der Waals surface area contributed by atoms with Gasteiger partial charge >= 0.3 is 0 Å². The molecule has 0 radical (unpaired) electrons. The molecule has 1 aromatic rings. The average Bonchev–Trinajstić information content (AvgIpc) is 2.67. The molecule has 2 rings (SSSR count). The molecule has 19 heavy (non-hydrogen) atoms. The van der Waals surface area contributed by atoms with Gasteiger partial charge in [0, 0.05) is 6.04 Å². The number of hydrogen-bond donors (Lipinski definition) is 0. The first-order valence-corrected chi connectivity index (χ1v) is 6.59. The van der Waals surface area contributed by atoms with Gasteiger partial charge in [-0.25, -0.2) is 0 Å². The summed E-state index contributed by atoms with van der Waals surface area (Å²) in [7, 11) is 0. The zero-order valence-electron chi connectivity index (χ0n) is 12.1. The number of carbonyl (C=O) groups excluding carboxylic acids is 1. The van der Waals surface area contributed by atoms with E-state index in [9.17, 15) is 4.79 Å². The van der Waals surface area contributed by atoms with Crippen molar-refractivity contribution >= 4 is 12.1 Å². The number of hydrogen-bond acceptors (Lipinski definition) is 2. The van der Waals surface area contributed by atoms with Crippen molar-refractivity contribution in [1.82, 2.24) is 0 Å². The van der Waals surface area contributed by atoms with Gasteiger partial charge in [0.15, 0.2) is 0 Å². The molecule has 1 aliphatic heterocycles. The fourth-order valence-electron chi connectivity index (χ4n) is 2.60. The summed E-state index contributed by atoms with van der Waals surface area (Å²) in [5.74, 6) is 0.902. The van der Waals surface area contributed by atoms with Crippen molar-refractivity contribution in [2.75, 3.05) is 11.5 Å². The van der Waals surface area contributed by atoms with Crippen molar-refractivity contribution in [1.29, 1.82) is 0 Å². The van der Waals surface area contributed by atoms with Gasteiger partial charge in [0.1, 0.15) is 12.4 Å². The van der Waals surface area contributed by atoms with Gasteiger partial charge in [-0.1, -0.05) is 6.58 Å². The Morgan fingerprint density at radius 3 is 2.79 bits per heavy atom. The highest BCUT2D eigenvalue weighted by Gasteiger charge is 2.29. The molecule has 0 aliphatic carbocycles. The van der Waals surface area contributed by atoms with Crippen LogP contribution in [0.3, 0.4) is 0 Å². The number of amides is 1. The van der Waals surface area contributed by atoms with Crippen LogP contribution in [0.15, 0.2) is 18.2 Å². The van der Waals surface area contributed by atoms with Crippen LogP contribution in [0, 0.1) is 13.8 Å². The molecule has 1 amide bonds. The highest BCUT2D eigenvalue weighted by molar-refractivity contribution is 5.84. The van der Waals surface area contributed by atoms with Gasteiger partial charge in [0.05, 0.1) is 5.69 Å². The van der Waals surface area contributed by atoms with Gasteiger partial charge in [-0.15, -0.1) is 0 Å². The predicted molar refractivity (Wildman–Crippen MR) is 77.9 cm³/mol. The molecule has 0 aromatic heterocycles. The molecular weight excluding hydrogens is 238 g/mol. The molecule has 0 spiro atoms. The first kappa shape index (κ1) is 13.7. The maximum Gasteiger partial charge on any atom is 0.214 e. The second-order valence-electron chi connectivity index (χ2n) is 5.44. The Labute approximate surface area is 114 Å². The standard InChI is InChI=1S/C16H21NO2/c1-10(2)8-19-15-7-14-6-11(3)17(9-18)16(14)13(5)12(15)4/h7,9,11H,1,6,8H2,2-5H3. The molecule has 102 valence electrons. The van der Waals surface area contributed by atoms with Crippen LogP contribution < -0.4 is 9.64 Å². The first-order chi connectivity index (χ1) is 8.95. The number of rotatable bonds is 4. The number of benzene rings is 1. The summed E-state index contributed by atoms with van der Waals surface area (Å²) in [5, 5.41) is 0. The fraction of sp³-hybridized carbons (Fsp3) is 0.438. The van der Waals surface area contributed by atoms with Crippen molar-refractivity contribution < 1.29 is 9.53 Å². The lowest BCUT2D eigenvalue weighted by molar-refractivity contribution is -0.107. The van der Waals surface area contributed by atoms with Crippen molar-refractivity contribution in [2.24, 2.45) is 0 Å². The third kappa shape index (κ3) is 2.37. The first-order valence-electron chi connectivity index (χ1n) is 6.59. The number of nitrogens with zero attached hydrogens (tertiary/aromatic N) is 1. The molecule has 1 aliphatic rings. The van der Waals surface area contributed by atoms with Gasteiger partial charge in [-0.3, -0.25) is 4.79 Å². The summed E-state index contributed by atoms with van der Waals surface area (Å²) in [5.41, 5.74) is 5.48. The van der Waals surface area contributed by atoms with E-state index in [1.807, 2.05) is 18.7 Å². The molecule has 3 nitrogen and oxygen atoms in total. The molecule has 3 heteroatoms. The van der Waals surface area contributed by atoms with Crippen molar-refractivity contribution in [3.8, 4) is 5.75 Å². The van der Waals surface area contributed by atoms with Crippen LogP contribution in [0.4, 0.5) is 5.69 Å². The van der Waals surface area contributed by atoms with E-state index in [1.165, 1.54) is 5.56 Å². The number of carbonyl (C=O) groups is 1. The molecule has 0 fully saturated rings. The minimum absolute atomic E-state index is 0.224. The summed E-state index contributed by atoms with van der Waals surface area (Å²) in [6.45, 7) is 12.5. The van der Waals surface area contributed by atoms with Gasteiger partial charge in [-0.2, -0.15) is 0 Å². The monoisotopic (exact) mass is 259 g/mol. The van der Waals surface area contributed by atoms with Crippen LogP contribution >= 0.6 is 0 Å². The quantitative estimate of drug-likeness (QED) is 0.614. The topological polar surface area (TPSA) is 29.5 Å². The molecule has 0 saturated heterocycles. The van der Waals surface area contributed by atoms with Gasteiger partial charge in [-0.05, 0) is 62.4 Å². The second kappa shape index (κ2) is 5.08. The van der Waals surface area contributed by atoms with Crippen molar-refractivity contribution in [3.63, 3.8) is 0 Å². The zero-order valence-corrected chi connectivity index (χ0v) is 12.1. The van der Waals surface area contributed by atoms with Crippen LogP contribution in [-0.4, -0.2) is 19.1 Å². The molecule has 0 N–H and O–H groups in total. The zero-order chi connectivity index (χ0) is 14.2. The van der Waals surface area contributed by atoms with E-state index in [0.717, 1.165) is 41.0 Å². The lowest BCUT2D eigenvalue weighted by atomic mass is 10.0. The molecule has 0 saturated carbocycles. The summed E-state index contributed by atoms with van der Waals surface area (Å²) >= 11 is 0. The van der Waals surface area contributed by atoms with E-state index in [-0.39, 0.29) is 6.04 Å². The summed E-state index contributed by atoms with van der Waals surface area (Å²) in [4.78, 5) is 13.0. The highest BCUT2D eigenvalue weighted by atomic mass is 16.5. The highest BCUT2D eigenvalue weighted by Crippen LogP contribution is 2.39. The van der Waals surface area contributed by atoms with Crippen molar-refractivity contribution in [3.05, 3.63) is 34.9 Å². The maximum atomic E-state index is 11.2. The molecule has 0 bridgehead atoms. The Kier molecular flexibility index (Phi) is 3.65. The Balaban J connectivity index is 2.43. The Morgan fingerprint density at radius 2 is 2.21 bits per heavy atom. The van der Waals surface area contributed by atoms with Crippen LogP contribution in [0.25, 0.3) is 0 Å².